The first-order valence-corrected chi connectivity index (χ1v) is 13.6. The number of pyridine rings is 1. The third-order valence-corrected chi connectivity index (χ3v) is 8.05. The molecule has 1 aliphatic heterocycles. The minimum absolute atomic E-state index is 0.156. The highest BCUT2D eigenvalue weighted by molar-refractivity contribution is 7.88. The summed E-state index contributed by atoms with van der Waals surface area (Å²) in [5.41, 5.74) is 6.58. The Bertz CT molecular complexity index is 1540. The van der Waals surface area contributed by atoms with E-state index in [1.165, 1.54) is 6.26 Å². The van der Waals surface area contributed by atoms with E-state index < -0.39 is 10.0 Å². The molecule has 3 aromatic carbocycles. The van der Waals surface area contributed by atoms with Crippen molar-refractivity contribution in [3.05, 3.63) is 84.6 Å². The minimum Gasteiger partial charge on any atom is -0.370 e. The third-order valence-electron chi connectivity index (χ3n) is 6.79. The van der Waals surface area contributed by atoms with Gasteiger partial charge >= 0.3 is 0 Å². The van der Waals surface area contributed by atoms with Gasteiger partial charge in [0.2, 0.25) is 10.0 Å². The Hall–Kier alpha value is -3.93. The van der Waals surface area contributed by atoms with Gasteiger partial charge in [-0.2, -0.15) is 5.26 Å². The molecule has 1 saturated heterocycles. The lowest BCUT2D eigenvalue weighted by Gasteiger charge is -2.27. The smallest absolute Gasteiger partial charge is 0.211 e. The van der Waals surface area contributed by atoms with E-state index in [2.05, 4.69) is 39.5 Å². The second-order valence-electron chi connectivity index (χ2n) is 9.13. The summed E-state index contributed by atoms with van der Waals surface area (Å²) in [6, 6.07) is 26.2. The molecule has 8 heteroatoms. The summed E-state index contributed by atoms with van der Waals surface area (Å²) in [5.74, 6) is 0. The van der Waals surface area contributed by atoms with Crippen molar-refractivity contribution in [3.63, 3.8) is 0 Å². The van der Waals surface area contributed by atoms with E-state index in [-0.39, 0.29) is 6.04 Å². The fourth-order valence-electron chi connectivity index (χ4n) is 4.65. The highest BCUT2D eigenvalue weighted by atomic mass is 32.2. The van der Waals surface area contributed by atoms with Crippen LogP contribution in [0.25, 0.3) is 22.0 Å². The highest BCUT2D eigenvalue weighted by Crippen LogP contribution is 2.31. The van der Waals surface area contributed by atoms with Crippen LogP contribution in [0.3, 0.4) is 0 Å². The van der Waals surface area contributed by atoms with Gasteiger partial charge in [-0.3, -0.25) is 4.98 Å². The van der Waals surface area contributed by atoms with E-state index >= 15 is 0 Å². The van der Waals surface area contributed by atoms with Crippen molar-refractivity contribution in [2.24, 2.45) is 0 Å². The topological polar surface area (TPSA) is 89.3 Å². The van der Waals surface area contributed by atoms with Crippen LogP contribution in [0.15, 0.2) is 79.0 Å². The number of nitriles is 1. The maximum absolute atomic E-state index is 11.9. The molecule has 182 valence electrons. The molecule has 1 aromatic heterocycles. The van der Waals surface area contributed by atoms with E-state index in [4.69, 9.17) is 5.26 Å². The fraction of sp³-hybridized carbons (Fsp3) is 0.214. The molecule has 0 saturated carbocycles. The molecule has 1 atom stereocenters. The number of aromatic nitrogens is 1. The summed E-state index contributed by atoms with van der Waals surface area (Å²) < 4.78 is 25.3. The molecule has 1 unspecified atom stereocenters. The number of nitrogens with zero attached hydrogens (tertiary/aromatic N) is 4. The third kappa shape index (κ3) is 4.89. The number of likely N-dealkylation sites (N-methyl/N-ethyl adjacent to an activating group) is 1. The number of rotatable bonds is 6. The van der Waals surface area contributed by atoms with Crippen LogP contribution < -0.4 is 10.2 Å². The standard InChI is InChI=1S/C28H27N5O2S/c1-32(25-14-16-33(19-25)36(2,34)35)24-10-8-23(9-11-24)31-28-13-15-30-27-12-7-22(17-26(27)28)21-5-3-20(18-29)4-6-21/h3-13,15,17,25H,14,16,19H2,1-2H3,(H,30,31). The van der Waals surface area contributed by atoms with Crippen molar-refractivity contribution < 1.29 is 8.42 Å². The van der Waals surface area contributed by atoms with Crippen LogP contribution in [-0.4, -0.2) is 50.1 Å². The zero-order valence-electron chi connectivity index (χ0n) is 20.2. The molecule has 4 aromatic rings. The van der Waals surface area contributed by atoms with Crippen molar-refractivity contribution >= 4 is 38.0 Å². The minimum atomic E-state index is -3.16. The molecule has 5 rings (SSSR count). The molecule has 36 heavy (non-hydrogen) atoms. The predicted molar refractivity (Wildman–Crippen MR) is 145 cm³/mol. The predicted octanol–water partition coefficient (Wildman–Crippen LogP) is 4.99. The average Bonchev–Trinajstić information content (AvgIpc) is 3.40. The molecule has 2 heterocycles. The monoisotopic (exact) mass is 497 g/mol. The number of sulfonamides is 1. The number of benzene rings is 3. The van der Waals surface area contributed by atoms with Crippen LogP contribution in [-0.2, 0) is 10.0 Å². The lowest BCUT2D eigenvalue weighted by atomic mass is 10.0. The Balaban J connectivity index is 1.35. The van der Waals surface area contributed by atoms with Gasteiger partial charge in [-0.15, -0.1) is 0 Å². The molecule has 1 aliphatic rings. The molecule has 0 aliphatic carbocycles. The zero-order valence-corrected chi connectivity index (χ0v) is 21.0. The molecule has 0 radical (unpaired) electrons. The molecule has 0 spiro atoms. The Kier molecular flexibility index (Phi) is 6.35. The summed E-state index contributed by atoms with van der Waals surface area (Å²) in [5, 5.41) is 13.6. The first-order chi connectivity index (χ1) is 17.3. The van der Waals surface area contributed by atoms with Crippen molar-refractivity contribution in [1.29, 1.82) is 5.26 Å². The number of hydrogen-bond acceptors (Lipinski definition) is 6. The molecule has 1 fully saturated rings. The largest absolute Gasteiger partial charge is 0.370 e. The van der Waals surface area contributed by atoms with Gasteiger partial charge < -0.3 is 10.2 Å². The van der Waals surface area contributed by atoms with E-state index in [1.807, 2.05) is 61.6 Å². The Morgan fingerprint density at radius 3 is 2.42 bits per heavy atom. The van der Waals surface area contributed by atoms with Gasteiger partial charge in [-0.25, -0.2) is 12.7 Å². The first-order valence-electron chi connectivity index (χ1n) is 11.8. The SMILES string of the molecule is CN(c1ccc(Nc2ccnc3ccc(-c4ccc(C#N)cc4)cc23)cc1)C1CCN(S(C)(=O)=O)C1. The lowest BCUT2D eigenvalue weighted by molar-refractivity contribution is 0.476. The van der Waals surface area contributed by atoms with Crippen LogP contribution >= 0.6 is 0 Å². The van der Waals surface area contributed by atoms with Crippen molar-refractivity contribution in [2.45, 2.75) is 12.5 Å². The van der Waals surface area contributed by atoms with Gasteiger partial charge in [0, 0.05) is 54.8 Å². The van der Waals surface area contributed by atoms with Crippen molar-refractivity contribution in [1.82, 2.24) is 9.29 Å². The number of fused-ring (bicyclic) bond motifs is 1. The normalized spacial score (nSPS) is 16.1. The molecule has 0 amide bonds. The Morgan fingerprint density at radius 1 is 1.03 bits per heavy atom. The van der Waals surface area contributed by atoms with Crippen molar-refractivity contribution in [2.75, 3.05) is 36.6 Å². The lowest BCUT2D eigenvalue weighted by Crippen LogP contribution is -2.36. The van der Waals surface area contributed by atoms with Crippen molar-refractivity contribution in [3.8, 4) is 17.2 Å². The highest BCUT2D eigenvalue weighted by Gasteiger charge is 2.31. The molecular formula is C28H27N5O2S. The van der Waals surface area contributed by atoms with E-state index in [0.717, 1.165) is 45.5 Å². The summed E-state index contributed by atoms with van der Waals surface area (Å²) in [6.45, 7) is 1.08. The van der Waals surface area contributed by atoms with Crippen LogP contribution in [0.2, 0.25) is 0 Å². The maximum Gasteiger partial charge on any atom is 0.211 e. The van der Waals surface area contributed by atoms with E-state index in [0.29, 0.717) is 18.7 Å². The fourth-order valence-corrected chi connectivity index (χ4v) is 5.53. The number of nitrogens with one attached hydrogen (secondary N) is 1. The van der Waals surface area contributed by atoms with Gasteiger partial charge in [0.1, 0.15) is 0 Å². The number of anilines is 3. The Labute approximate surface area is 211 Å². The quantitative estimate of drug-likeness (QED) is 0.404. The molecule has 7 nitrogen and oxygen atoms in total. The van der Waals surface area contributed by atoms with Crippen LogP contribution in [0, 0.1) is 11.3 Å². The van der Waals surface area contributed by atoms with Gasteiger partial charge in [-0.05, 0) is 72.1 Å². The second-order valence-corrected chi connectivity index (χ2v) is 11.1. The van der Waals surface area contributed by atoms with Gasteiger partial charge in [0.05, 0.1) is 23.4 Å². The second kappa shape index (κ2) is 9.61. The van der Waals surface area contributed by atoms with Crippen LogP contribution in [0.4, 0.5) is 17.1 Å². The first kappa shape index (κ1) is 23.8. The average molecular weight is 498 g/mol. The van der Waals surface area contributed by atoms with E-state index in [1.54, 1.807) is 10.5 Å². The van der Waals surface area contributed by atoms with Crippen LogP contribution in [0.1, 0.15) is 12.0 Å². The number of hydrogen-bond donors (Lipinski definition) is 1. The van der Waals surface area contributed by atoms with Gasteiger partial charge in [0.25, 0.3) is 0 Å². The molecular weight excluding hydrogens is 470 g/mol. The zero-order chi connectivity index (χ0) is 25.3. The maximum atomic E-state index is 11.9. The van der Waals surface area contributed by atoms with Gasteiger partial charge in [-0.1, -0.05) is 18.2 Å². The Morgan fingerprint density at radius 2 is 1.75 bits per heavy atom. The van der Waals surface area contributed by atoms with Gasteiger partial charge in [0.15, 0.2) is 0 Å². The summed E-state index contributed by atoms with van der Waals surface area (Å²) >= 11 is 0. The van der Waals surface area contributed by atoms with E-state index in [9.17, 15) is 8.42 Å². The van der Waals surface area contributed by atoms with Crippen LogP contribution in [0.5, 0.6) is 0 Å². The summed E-state index contributed by atoms with van der Waals surface area (Å²) in [7, 11) is -1.14. The molecule has 0 bridgehead atoms. The summed E-state index contributed by atoms with van der Waals surface area (Å²) in [4.78, 5) is 6.67. The molecule has 1 N–H and O–H groups in total. The summed E-state index contributed by atoms with van der Waals surface area (Å²) in [6.07, 6.45) is 3.88.